The highest BCUT2D eigenvalue weighted by Crippen LogP contribution is 2.22. The van der Waals surface area contributed by atoms with Crippen LogP contribution in [0.2, 0.25) is 0 Å². The van der Waals surface area contributed by atoms with E-state index in [1.165, 1.54) is 15.6 Å². The maximum atomic E-state index is 12.5. The number of hydrogen-bond donors (Lipinski definition) is 1. The molecule has 0 aromatic carbocycles. The van der Waals surface area contributed by atoms with Crippen molar-refractivity contribution in [1.82, 2.24) is 9.62 Å². The van der Waals surface area contributed by atoms with E-state index in [1.807, 2.05) is 6.92 Å². The second-order valence-electron chi connectivity index (χ2n) is 4.47. The summed E-state index contributed by atoms with van der Waals surface area (Å²) in [5.41, 5.74) is 0. The van der Waals surface area contributed by atoms with Gasteiger partial charge in [0.15, 0.2) is 0 Å². The Kier molecular flexibility index (Phi) is 7.24. The summed E-state index contributed by atoms with van der Waals surface area (Å²) in [4.78, 5) is 1.37. The number of nitrogens with one attached hydrogen (secondary N) is 1. The molecule has 0 aliphatic heterocycles. The molecule has 6 heteroatoms. The lowest BCUT2D eigenvalue weighted by Crippen LogP contribution is -2.32. The van der Waals surface area contributed by atoms with Gasteiger partial charge < -0.3 is 5.32 Å². The first-order chi connectivity index (χ1) is 9.56. The Morgan fingerprint density at radius 1 is 1.40 bits per heavy atom. The zero-order valence-electron chi connectivity index (χ0n) is 12.1. The van der Waals surface area contributed by atoms with Crippen LogP contribution in [0.25, 0.3) is 0 Å². The van der Waals surface area contributed by atoms with Gasteiger partial charge in [0.1, 0.15) is 0 Å². The van der Waals surface area contributed by atoms with Gasteiger partial charge in [0.05, 0.1) is 11.4 Å². The van der Waals surface area contributed by atoms with Crippen molar-refractivity contribution in [2.45, 2.75) is 38.1 Å². The molecule has 4 nitrogen and oxygen atoms in total. The van der Waals surface area contributed by atoms with Crippen molar-refractivity contribution in [3.63, 3.8) is 0 Å². The Hall–Kier alpha value is -0.870. The molecule has 0 radical (unpaired) electrons. The van der Waals surface area contributed by atoms with E-state index in [4.69, 9.17) is 6.42 Å². The van der Waals surface area contributed by atoms with Crippen molar-refractivity contribution in [3.05, 3.63) is 16.3 Å². The molecule has 0 aliphatic rings. The van der Waals surface area contributed by atoms with Crippen LogP contribution in [0.15, 0.2) is 16.3 Å². The summed E-state index contributed by atoms with van der Waals surface area (Å²) < 4.78 is 26.3. The molecule has 1 aromatic rings. The number of sulfonamides is 1. The van der Waals surface area contributed by atoms with Gasteiger partial charge in [-0.15, -0.1) is 17.8 Å². The maximum absolute atomic E-state index is 12.5. The lowest BCUT2D eigenvalue weighted by atomic mass is 10.4. The van der Waals surface area contributed by atoms with Gasteiger partial charge in [0.25, 0.3) is 0 Å². The summed E-state index contributed by atoms with van der Waals surface area (Å²) in [7, 11) is -3.46. The van der Waals surface area contributed by atoms with Gasteiger partial charge in [-0.25, -0.2) is 8.42 Å². The molecule has 0 unspecified atom stereocenters. The van der Waals surface area contributed by atoms with E-state index < -0.39 is 10.0 Å². The smallest absolute Gasteiger partial charge is 0.244 e. The topological polar surface area (TPSA) is 49.4 Å². The molecule has 1 rings (SSSR count). The number of thiophene rings is 1. The zero-order chi connectivity index (χ0) is 15.0. The van der Waals surface area contributed by atoms with Crippen LogP contribution in [-0.4, -0.2) is 32.4 Å². The first kappa shape index (κ1) is 17.2. The van der Waals surface area contributed by atoms with E-state index in [-0.39, 0.29) is 6.54 Å². The van der Waals surface area contributed by atoms with Crippen LogP contribution >= 0.6 is 11.3 Å². The number of hydrogen-bond acceptors (Lipinski definition) is 4. The summed E-state index contributed by atoms with van der Waals surface area (Å²) in [5, 5.41) is 4.96. The van der Waals surface area contributed by atoms with Crippen LogP contribution in [-0.2, 0) is 16.6 Å². The third-order valence-corrected chi connectivity index (χ3v) is 5.64. The molecular formula is C14H22N2O2S2. The van der Waals surface area contributed by atoms with E-state index in [1.54, 1.807) is 11.4 Å². The van der Waals surface area contributed by atoms with Gasteiger partial charge in [-0.3, -0.25) is 0 Å². The fraction of sp³-hybridized carbons (Fsp3) is 0.571. The fourth-order valence-electron chi connectivity index (χ4n) is 1.76. The monoisotopic (exact) mass is 314 g/mol. The quantitative estimate of drug-likeness (QED) is 0.562. The molecule has 20 heavy (non-hydrogen) atoms. The van der Waals surface area contributed by atoms with Gasteiger partial charge in [0.2, 0.25) is 10.0 Å². The molecule has 0 saturated carbocycles. The molecule has 1 N–H and O–H groups in total. The highest BCUT2D eigenvalue weighted by Gasteiger charge is 2.24. The SMILES string of the molecule is C#CCN(CCC)S(=O)(=O)c1csc(CNCCC)c1. The average molecular weight is 314 g/mol. The maximum Gasteiger partial charge on any atom is 0.244 e. The predicted molar refractivity (Wildman–Crippen MR) is 84.2 cm³/mol. The molecule has 0 bridgehead atoms. The zero-order valence-corrected chi connectivity index (χ0v) is 13.7. The van der Waals surface area contributed by atoms with E-state index >= 15 is 0 Å². The number of terminal acetylenes is 1. The summed E-state index contributed by atoms with van der Waals surface area (Å²) in [6.07, 6.45) is 7.06. The molecule has 0 saturated heterocycles. The van der Waals surface area contributed by atoms with Gasteiger partial charge >= 0.3 is 0 Å². The predicted octanol–water partition coefficient (Wildman–Crippen LogP) is 2.28. The largest absolute Gasteiger partial charge is 0.312 e. The van der Waals surface area contributed by atoms with Crippen LogP contribution < -0.4 is 5.32 Å². The lowest BCUT2D eigenvalue weighted by molar-refractivity contribution is 0.446. The normalized spacial score (nSPS) is 11.7. The third kappa shape index (κ3) is 4.60. The van der Waals surface area contributed by atoms with E-state index in [0.29, 0.717) is 18.0 Å². The van der Waals surface area contributed by atoms with Crippen molar-refractivity contribution >= 4 is 21.4 Å². The highest BCUT2D eigenvalue weighted by molar-refractivity contribution is 7.89. The summed E-state index contributed by atoms with van der Waals surface area (Å²) >= 11 is 1.46. The van der Waals surface area contributed by atoms with Crippen LogP contribution in [0.4, 0.5) is 0 Å². The Morgan fingerprint density at radius 3 is 2.75 bits per heavy atom. The summed E-state index contributed by atoms with van der Waals surface area (Å²) in [5.74, 6) is 2.41. The Morgan fingerprint density at radius 2 is 2.15 bits per heavy atom. The van der Waals surface area contributed by atoms with Gasteiger partial charge in [-0.1, -0.05) is 19.8 Å². The Balaban J connectivity index is 2.83. The molecule has 112 valence electrons. The molecule has 0 aliphatic carbocycles. The highest BCUT2D eigenvalue weighted by atomic mass is 32.2. The minimum atomic E-state index is -3.46. The van der Waals surface area contributed by atoms with Crippen LogP contribution in [0.1, 0.15) is 31.6 Å². The lowest BCUT2D eigenvalue weighted by Gasteiger charge is -2.18. The van der Waals surface area contributed by atoms with Gasteiger partial charge in [-0.05, 0) is 25.5 Å². The van der Waals surface area contributed by atoms with Crippen molar-refractivity contribution in [2.24, 2.45) is 0 Å². The minimum Gasteiger partial charge on any atom is -0.312 e. The standard InChI is InChI=1S/C14H22N2O2S2/c1-4-7-15-11-13-10-14(12-19-13)20(17,18)16(8-5-2)9-6-3/h2,10,12,15H,4,6-9,11H2,1,3H3. The summed E-state index contributed by atoms with van der Waals surface area (Å²) in [6, 6.07) is 1.74. The fourth-order valence-corrected chi connectivity index (χ4v) is 4.44. The minimum absolute atomic E-state index is 0.120. The Bertz CT molecular complexity index is 544. The molecule has 0 fully saturated rings. The average Bonchev–Trinajstić information content (AvgIpc) is 2.88. The number of nitrogens with zero attached hydrogens (tertiary/aromatic N) is 1. The van der Waals surface area contributed by atoms with Gasteiger partial charge in [0, 0.05) is 23.3 Å². The molecule has 0 atom stereocenters. The van der Waals surface area contributed by atoms with Crippen LogP contribution in [0, 0.1) is 12.3 Å². The second kappa shape index (κ2) is 8.42. The van der Waals surface area contributed by atoms with E-state index in [9.17, 15) is 8.42 Å². The van der Waals surface area contributed by atoms with Crippen molar-refractivity contribution in [3.8, 4) is 12.3 Å². The molecular weight excluding hydrogens is 292 g/mol. The van der Waals surface area contributed by atoms with Crippen LogP contribution in [0.5, 0.6) is 0 Å². The third-order valence-electron chi connectivity index (χ3n) is 2.73. The van der Waals surface area contributed by atoms with Gasteiger partial charge in [-0.2, -0.15) is 4.31 Å². The van der Waals surface area contributed by atoms with E-state index in [2.05, 4.69) is 18.2 Å². The molecule has 1 heterocycles. The van der Waals surface area contributed by atoms with Crippen molar-refractivity contribution in [1.29, 1.82) is 0 Å². The van der Waals surface area contributed by atoms with Crippen molar-refractivity contribution in [2.75, 3.05) is 19.6 Å². The first-order valence-electron chi connectivity index (χ1n) is 6.78. The molecule has 1 aromatic heterocycles. The van der Waals surface area contributed by atoms with Crippen molar-refractivity contribution < 1.29 is 8.42 Å². The number of rotatable bonds is 9. The molecule has 0 amide bonds. The molecule has 0 spiro atoms. The first-order valence-corrected chi connectivity index (χ1v) is 9.10. The summed E-state index contributed by atoms with van der Waals surface area (Å²) in [6.45, 7) is 6.24. The Labute approximate surface area is 126 Å². The van der Waals surface area contributed by atoms with Crippen LogP contribution in [0.3, 0.4) is 0 Å². The van der Waals surface area contributed by atoms with E-state index in [0.717, 1.165) is 24.3 Å². The second-order valence-corrected chi connectivity index (χ2v) is 7.40.